The van der Waals surface area contributed by atoms with E-state index in [0.717, 1.165) is 19.1 Å². The molecule has 4 heteroatoms. The molecule has 2 heterocycles. The van der Waals surface area contributed by atoms with Crippen molar-refractivity contribution < 1.29 is 0 Å². The number of rotatable bonds is 6. The van der Waals surface area contributed by atoms with Gasteiger partial charge in [-0.25, -0.2) is 0 Å². The largest absolute Gasteiger partial charge is 0.317 e. The van der Waals surface area contributed by atoms with Gasteiger partial charge in [-0.05, 0) is 45.0 Å². The molecule has 0 unspecified atom stereocenters. The summed E-state index contributed by atoms with van der Waals surface area (Å²) in [6.45, 7) is 7.96. The zero-order valence-electron chi connectivity index (χ0n) is 10.8. The standard InChI is InChI=1S/C13H24N4/c1-2-9-16(13-4-7-14-8-5-13)11-12-17-10-3-6-15-17/h3,6,10,13-14H,2,4-5,7-9,11-12H2,1H3. The fourth-order valence-electron chi connectivity index (χ4n) is 2.60. The van der Waals surface area contributed by atoms with Crippen molar-refractivity contribution in [2.45, 2.75) is 38.8 Å². The van der Waals surface area contributed by atoms with E-state index in [1.54, 1.807) is 0 Å². The average Bonchev–Trinajstić information content (AvgIpc) is 2.88. The second-order valence-corrected chi connectivity index (χ2v) is 4.79. The van der Waals surface area contributed by atoms with E-state index in [2.05, 4.69) is 22.2 Å². The molecule has 0 aromatic carbocycles. The maximum absolute atomic E-state index is 4.27. The predicted octanol–water partition coefficient (Wildman–Crippen LogP) is 1.35. The Balaban J connectivity index is 1.82. The van der Waals surface area contributed by atoms with Crippen LogP contribution in [-0.2, 0) is 6.54 Å². The van der Waals surface area contributed by atoms with Crippen molar-refractivity contribution in [2.75, 3.05) is 26.2 Å². The molecule has 1 N–H and O–H groups in total. The Labute approximate surface area is 104 Å². The van der Waals surface area contributed by atoms with Crippen LogP contribution in [0.2, 0.25) is 0 Å². The van der Waals surface area contributed by atoms with Crippen LogP contribution in [0.25, 0.3) is 0 Å². The zero-order valence-corrected chi connectivity index (χ0v) is 10.8. The van der Waals surface area contributed by atoms with E-state index in [9.17, 15) is 0 Å². The number of aromatic nitrogens is 2. The summed E-state index contributed by atoms with van der Waals surface area (Å²) in [6.07, 6.45) is 7.72. The van der Waals surface area contributed by atoms with Crippen molar-refractivity contribution in [1.82, 2.24) is 20.0 Å². The molecule has 1 aliphatic heterocycles. The molecular weight excluding hydrogens is 212 g/mol. The Morgan fingerprint density at radius 1 is 1.35 bits per heavy atom. The van der Waals surface area contributed by atoms with Crippen LogP contribution in [0, 0.1) is 0 Å². The molecule has 1 aliphatic rings. The molecule has 0 spiro atoms. The molecule has 96 valence electrons. The molecule has 0 aliphatic carbocycles. The van der Waals surface area contributed by atoms with Gasteiger partial charge < -0.3 is 5.32 Å². The fraction of sp³-hybridized carbons (Fsp3) is 0.769. The molecular formula is C13H24N4. The topological polar surface area (TPSA) is 33.1 Å². The number of nitrogens with zero attached hydrogens (tertiary/aromatic N) is 3. The number of nitrogens with one attached hydrogen (secondary N) is 1. The first kappa shape index (κ1) is 12.6. The van der Waals surface area contributed by atoms with Gasteiger partial charge in [-0.2, -0.15) is 5.10 Å². The van der Waals surface area contributed by atoms with Crippen molar-refractivity contribution in [1.29, 1.82) is 0 Å². The highest BCUT2D eigenvalue weighted by Crippen LogP contribution is 2.12. The predicted molar refractivity (Wildman–Crippen MR) is 70.0 cm³/mol. The second-order valence-electron chi connectivity index (χ2n) is 4.79. The highest BCUT2D eigenvalue weighted by atomic mass is 15.3. The lowest BCUT2D eigenvalue weighted by Gasteiger charge is -2.34. The molecule has 17 heavy (non-hydrogen) atoms. The van der Waals surface area contributed by atoms with Crippen LogP contribution in [0.15, 0.2) is 18.5 Å². The summed E-state index contributed by atoms with van der Waals surface area (Å²) in [5.74, 6) is 0. The number of hydrogen-bond acceptors (Lipinski definition) is 3. The summed E-state index contributed by atoms with van der Waals surface area (Å²) >= 11 is 0. The van der Waals surface area contributed by atoms with Crippen molar-refractivity contribution in [3.8, 4) is 0 Å². The lowest BCUT2D eigenvalue weighted by molar-refractivity contribution is 0.154. The monoisotopic (exact) mass is 236 g/mol. The van der Waals surface area contributed by atoms with Crippen LogP contribution >= 0.6 is 0 Å². The van der Waals surface area contributed by atoms with Crippen molar-refractivity contribution in [2.24, 2.45) is 0 Å². The van der Waals surface area contributed by atoms with E-state index in [-0.39, 0.29) is 0 Å². The van der Waals surface area contributed by atoms with Crippen molar-refractivity contribution in [3.05, 3.63) is 18.5 Å². The Kier molecular flexibility index (Phi) is 5.01. The molecule has 0 bridgehead atoms. The summed E-state index contributed by atoms with van der Waals surface area (Å²) in [7, 11) is 0. The first-order valence-electron chi connectivity index (χ1n) is 6.82. The molecule has 1 aromatic heterocycles. The smallest absolute Gasteiger partial charge is 0.0536 e. The summed E-state index contributed by atoms with van der Waals surface area (Å²) in [4.78, 5) is 2.64. The van der Waals surface area contributed by atoms with Gasteiger partial charge in [0.05, 0.1) is 6.54 Å². The number of piperidine rings is 1. The Morgan fingerprint density at radius 3 is 2.82 bits per heavy atom. The van der Waals surface area contributed by atoms with Gasteiger partial charge in [-0.1, -0.05) is 6.92 Å². The van der Waals surface area contributed by atoms with Crippen LogP contribution < -0.4 is 5.32 Å². The fourth-order valence-corrected chi connectivity index (χ4v) is 2.60. The lowest BCUT2D eigenvalue weighted by Crippen LogP contribution is -2.44. The third-order valence-corrected chi connectivity index (χ3v) is 3.51. The Morgan fingerprint density at radius 2 is 2.18 bits per heavy atom. The molecule has 0 amide bonds. The van der Waals surface area contributed by atoms with E-state index in [4.69, 9.17) is 0 Å². The zero-order chi connectivity index (χ0) is 11.9. The van der Waals surface area contributed by atoms with Crippen LogP contribution in [-0.4, -0.2) is 46.9 Å². The van der Waals surface area contributed by atoms with Gasteiger partial charge in [0.1, 0.15) is 0 Å². The Bertz CT molecular complexity index is 290. The summed E-state index contributed by atoms with van der Waals surface area (Å²) in [5, 5.41) is 7.71. The van der Waals surface area contributed by atoms with Crippen molar-refractivity contribution in [3.63, 3.8) is 0 Å². The SMILES string of the molecule is CCCN(CCn1cccn1)C1CCNCC1. The van der Waals surface area contributed by atoms with E-state index in [1.165, 1.54) is 38.9 Å². The van der Waals surface area contributed by atoms with Gasteiger partial charge >= 0.3 is 0 Å². The van der Waals surface area contributed by atoms with E-state index < -0.39 is 0 Å². The maximum Gasteiger partial charge on any atom is 0.0536 e. The van der Waals surface area contributed by atoms with Gasteiger partial charge in [0.15, 0.2) is 0 Å². The van der Waals surface area contributed by atoms with Crippen LogP contribution in [0.5, 0.6) is 0 Å². The van der Waals surface area contributed by atoms with E-state index >= 15 is 0 Å². The molecule has 0 atom stereocenters. The van der Waals surface area contributed by atoms with Crippen LogP contribution in [0.1, 0.15) is 26.2 Å². The highest BCUT2D eigenvalue weighted by Gasteiger charge is 2.19. The first-order chi connectivity index (χ1) is 8.40. The molecule has 1 saturated heterocycles. The molecule has 4 nitrogen and oxygen atoms in total. The molecule has 0 saturated carbocycles. The summed E-state index contributed by atoms with van der Waals surface area (Å²) < 4.78 is 2.03. The average molecular weight is 236 g/mol. The van der Waals surface area contributed by atoms with E-state index in [0.29, 0.717) is 0 Å². The van der Waals surface area contributed by atoms with E-state index in [1.807, 2.05) is 23.1 Å². The molecule has 2 rings (SSSR count). The lowest BCUT2D eigenvalue weighted by atomic mass is 10.0. The van der Waals surface area contributed by atoms with Gasteiger partial charge in [-0.15, -0.1) is 0 Å². The maximum atomic E-state index is 4.27. The highest BCUT2D eigenvalue weighted by molar-refractivity contribution is 4.80. The molecule has 1 fully saturated rings. The van der Waals surface area contributed by atoms with Crippen molar-refractivity contribution >= 4 is 0 Å². The Hall–Kier alpha value is -0.870. The number of hydrogen-bond donors (Lipinski definition) is 1. The molecule has 0 radical (unpaired) electrons. The second kappa shape index (κ2) is 6.77. The van der Waals surface area contributed by atoms with Crippen LogP contribution in [0.3, 0.4) is 0 Å². The third-order valence-electron chi connectivity index (χ3n) is 3.51. The van der Waals surface area contributed by atoms with Crippen LogP contribution in [0.4, 0.5) is 0 Å². The molecule has 1 aromatic rings. The quantitative estimate of drug-likeness (QED) is 0.809. The summed E-state index contributed by atoms with van der Waals surface area (Å²) in [6, 6.07) is 2.76. The van der Waals surface area contributed by atoms with Gasteiger partial charge in [0.2, 0.25) is 0 Å². The minimum absolute atomic E-state index is 0.770. The minimum Gasteiger partial charge on any atom is -0.317 e. The third kappa shape index (κ3) is 3.82. The van der Waals surface area contributed by atoms with Gasteiger partial charge in [0.25, 0.3) is 0 Å². The first-order valence-corrected chi connectivity index (χ1v) is 6.82. The van der Waals surface area contributed by atoms with Gasteiger partial charge in [0, 0.05) is 25.0 Å². The summed E-state index contributed by atoms with van der Waals surface area (Å²) in [5.41, 5.74) is 0. The minimum atomic E-state index is 0.770. The van der Waals surface area contributed by atoms with Gasteiger partial charge in [-0.3, -0.25) is 9.58 Å². The normalized spacial score (nSPS) is 17.8.